The summed E-state index contributed by atoms with van der Waals surface area (Å²) >= 11 is 0. The lowest BCUT2D eigenvalue weighted by Gasteiger charge is -2.31. The molecule has 2 atom stereocenters. The minimum Gasteiger partial charge on any atom is -0.453 e. The van der Waals surface area contributed by atoms with Crippen LogP contribution >= 0.6 is 0 Å². The van der Waals surface area contributed by atoms with Gasteiger partial charge in [0.25, 0.3) is 0 Å². The Morgan fingerprint density at radius 1 is 1.48 bits per heavy atom. The molecule has 0 aliphatic carbocycles. The minimum atomic E-state index is -0.251. The molecule has 2 aliphatic heterocycles. The van der Waals surface area contributed by atoms with Crippen molar-refractivity contribution in [2.45, 2.75) is 38.3 Å². The van der Waals surface area contributed by atoms with E-state index in [-0.39, 0.29) is 17.7 Å². The van der Waals surface area contributed by atoms with Gasteiger partial charge in [-0.25, -0.2) is 4.79 Å². The van der Waals surface area contributed by atoms with Gasteiger partial charge in [0.05, 0.1) is 7.11 Å². The minimum absolute atomic E-state index is 0.0158. The van der Waals surface area contributed by atoms with E-state index >= 15 is 0 Å². The first-order valence-corrected chi connectivity index (χ1v) is 7.42. The van der Waals surface area contributed by atoms with Crippen LogP contribution in [0.5, 0.6) is 0 Å². The van der Waals surface area contributed by atoms with Crippen LogP contribution in [0.15, 0.2) is 35.9 Å². The lowest BCUT2D eigenvalue weighted by Crippen LogP contribution is -2.46. The van der Waals surface area contributed by atoms with Gasteiger partial charge in [-0.3, -0.25) is 4.90 Å². The Morgan fingerprint density at radius 3 is 2.95 bits per heavy atom. The maximum Gasteiger partial charge on any atom is 0.411 e. The van der Waals surface area contributed by atoms with Crippen LogP contribution in [0.25, 0.3) is 0 Å². The van der Waals surface area contributed by atoms with Crippen molar-refractivity contribution in [1.29, 1.82) is 0 Å². The van der Waals surface area contributed by atoms with Gasteiger partial charge in [0.15, 0.2) is 0 Å². The van der Waals surface area contributed by atoms with Gasteiger partial charge in [-0.15, -0.1) is 0 Å². The van der Waals surface area contributed by atoms with Crippen LogP contribution in [0.2, 0.25) is 0 Å². The van der Waals surface area contributed by atoms with Gasteiger partial charge in [-0.2, -0.15) is 0 Å². The highest BCUT2D eigenvalue weighted by Gasteiger charge is 2.54. The molecule has 1 N–H and O–H groups in total. The third-order valence-electron chi connectivity index (χ3n) is 4.67. The number of amides is 1. The van der Waals surface area contributed by atoms with E-state index in [1.165, 1.54) is 18.2 Å². The number of benzene rings is 1. The molecule has 21 heavy (non-hydrogen) atoms. The Hall–Kier alpha value is -1.97. The number of fused-ring (bicyclic) bond motifs is 3. The molecule has 0 saturated carbocycles. The van der Waals surface area contributed by atoms with Crippen LogP contribution in [-0.4, -0.2) is 30.8 Å². The second-order valence-corrected chi connectivity index (χ2v) is 6.15. The standard InChI is InChI=1S/C17H22N2O2/c1-12(2)8-9-17-10-11-19(16(20)21-3)15(17)18-14-7-5-4-6-13(14)17/h4-8,15,18H,9-11H2,1-3H3/t15-,17-/m0/s1. The maximum atomic E-state index is 12.0. The molecule has 0 aromatic heterocycles. The quantitative estimate of drug-likeness (QED) is 0.846. The highest BCUT2D eigenvalue weighted by Crippen LogP contribution is 2.51. The van der Waals surface area contributed by atoms with Crippen molar-refractivity contribution in [3.63, 3.8) is 0 Å². The zero-order valence-corrected chi connectivity index (χ0v) is 12.8. The number of anilines is 1. The molecule has 2 heterocycles. The summed E-state index contributed by atoms with van der Waals surface area (Å²) in [7, 11) is 1.44. The summed E-state index contributed by atoms with van der Waals surface area (Å²) in [5, 5.41) is 3.52. The summed E-state index contributed by atoms with van der Waals surface area (Å²) < 4.78 is 4.94. The van der Waals surface area contributed by atoms with Crippen molar-refractivity contribution < 1.29 is 9.53 Å². The predicted molar refractivity (Wildman–Crippen MR) is 83.3 cm³/mol. The monoisotopic (exact) mass is 286 g/mol. The van der Waals surface area contributed by atoms with Gasteiger partial charge in [-0.1, -0.05) is 29.8 Å². The lowest BCUT2D eigenvalue weighted by atomic mass is 9.76. The molecule has 3 rings (SSSR count). The topological polar surface area (TPSA) is 41.6 Å². The van der Waals surface area contributed by atoms with E-state index in [4.69, 9.17) is 4.74 Å². The van der Waals surface area contributed by atoms with Gasteiger partial charge in [-0.05, 0) is 38.3 Å². The first-order valence-electron chi connectivity index (χ1n) is 7.42. The fourth-order valence-electron chi connectivity index (χ4n) is 3.60. The molecule has 2 aliphatic rings. The zero-order chi connectivity index (χ0) is 15.0. The van der Waals surface area contributed by atoms with Gasteiger partial charge in [0.2, 0.25) is 0 Å². The zero-order valence-electron chi connectivity index (χ0n) is 12.8. The van der Waals surface area contributed by atoms with Crippen molar-refractivity contribution >= 4 is 11.8 Å². The molecule has 112 valence electrons. The van der Waals surface area contributed by atoms with Crippen LogP contribution in [-0.2, 0) is 10.2 Å². The van der Waals surface area contributed by atoms with Gasteiger partial charge < -0.3 is 10.1 Å². The average Bonchev–Trinajstić information content (AvgIpc) is 2.98. The molecular formula is C17H22N2O2. The SMILES string of the molecule is COC(=O)N1CC[C@@]2(CC=C(C)C)c3ccccc3N[C@@H]12. The second-order valence-electron chi connectivity index (χ2n) is 6.15. The summed E-state index contributed by atoms with van der Waals surface area (Å²) in [5.74, 6) is 0. The predicted octanol–water partition coefficient (Wildman–Crippen LogP) is 3.50. The molecule has 1 saturated heterocycles. The third-order valence-corrected chi connectivity index (χ3v) is 4.67. The van der Waals surface area contributed by atoms with E-state index in [0.29, 0.717) is 0 Å². The fraction of sp³-hybridized carbons (Fsp3) is 0.471. The van der Waals surface area contributed by atoms with Crippen LogP contribution in [0.4, 0.5) is 10.5 Å². The van der Waals surface area contributed by atoms with Crippen molar-refractivity contribution in [2.24, 2.45) is 0 Å². The average molecular weight is 286 g/mol. The Bertz CT molecular complexity index is 592. The number of hydrogen-bond donors (Lipinski definition) is 1. The number of allylic oxidation sites excluding steroid dienone is 2. The summed E-state index contributed by atoms with van der Waals surface area (Å²) in [4.78, 5) is 13.9. The largest absolute Gasteiger partial charge is 0.453 e. The van der Waals surface area contributed by atoms with Crippen molar-refractivity contribution in [2.75, 3.05) is 19.0 Å². The van der Waals surface area contributed by atoms with Crippen molar-refractivity contribution in [3.8, 4) is 0 Å². The smallest absolute Gasteiger partial charge is 0.411 e. The molecule has 0 bridgehead atoms. The van der Waals surface area contributed by atoms with E-state index in [2.05, 4.69) is 43.4 Å². The normalized spacial score (nSPS) is 25.9. The number of rotatable bonds is 2. The highest BCUT2D eigenvalue weighted by molar-refractivity contribution is 5.73. The molecular weight excluding hydrogens is 264 g/mol. The van der Waals surface area contributed by atoms with Gasteiger partial charge in [0.1, 0.15) is 6.17 Å². The van der Waals surface area contributed by atoms with Crippen molar-refractivity contribution in [3.05, 3.63) is 41.5 Å². The summed E-state index contributed by atoms with van der Waals surface area (Å²) in [6.07, 6.45) is 3.91. The summed E-state index contributed by atoms with van der Waals surface area (Å²) in [6.45, 7) is 4.97. The summed E-state index contributed by atoms with van der Waals surface area (Å²) in [6, 6.07) is 8.38. The van der Waals surface area contributed by atoms with E-state index in [0.717, 1.165) is 25.1 Å². The number of likely N-dealkylation sites (tertiary alicyclic amines) is 1. The Balaban J connectivity index is 2.02. The number of hydrogen-bond acceptors (Lipinski definition) is 3. The first kappa shape index (κ1) is 14.0. The molecule has 4 nitrogen and oxygen atoms in total. The number of ether oxygens (including phenoxy) is 1. The van der Waals surface area contributed by atoms with E-state index in [1.807, 2.05) is 11.0 Å². The fourth-order valence-corrected chi connectivity index (χ4v) is 3.60. The molecule has 1 aromatic carbocycles. The molecule has 0 radical (unpaired) electrons. The first-order chi connectivity index (χ1) is 10.1. The Morgan fingerprint density at radius 2 is 2.24 bits per heavy atom. The lowest BCUT2D eigenvalue weighted by molar-refractivity contribution is 0.118. The second kappa shape index (κ2) is 5.10. The molecule has 0 unspecified atom stereocenters. The van der Waals surface area contributed by atoms with E-state index in [1.54, 1.807) is 0 Å². The van der Waals surface area contributed by atoms with Crippen molar-refractivity contribution in [1.82, 2.24) is 4.90 Å². The van der Waals surface area contributed by atoms with Crippen LogP contribution in [0.3, 0.4) is 0 Å². The van der Waals surface area contributed by atoms with E-state index < -0.39 is 0 Å². The Kier molecular flexibility index (Phi) is 3.40. The number of carbonyl (C=O) groups excluding carboxylic acids is 1. The van der Waals surface area contributed by atoms with Crippen LogP contribution in [0.1, 0.15) is 32.3 Å². The highest BCUT2D eigenvalue weighted by atomic mass is 16.5. The van der Waals surface area contributed by atoms with Crippen LogP contribution in [0, 0.1) is 0 Å². The van der Waals surface area contributed by atoms with Crippen LogP contribution < -0.4 is 5.32 Å². The number of nitrogens with one attached hydrogen (secondary N) is 1. The molecule has 1 fully saturated rings. The number of nitrogens with zero attached hydrogens (tertiary/aromatic N) is 1. The third kappa shape index (κ3) is 2.09. The molecule has 4 heteroatoms. The van der Waals surface area contributed by atoms with Gasteiger partial charge in [0, 0.05) is 17.6 Å². The van der Waals surface area contributed by atoms with Gasteiger partial charge >= 0.3 is 6.09 Å². The maximum absolute atomic E-state index is 12.0. The molecule has 1 aromatic rings. The number of methoxy groups -OCH3 is 1. The Labute approximate surface area is 125 Å². The number of para-hydroxylation sites is 1. The number of carbonyl (C=O) groups is 1. The van der Waals surface area contributed by atoms with E-state index in [9.17, 15) is 4.79 Å². The molecule has 1 amide bonds. The molecule has 0 spiro atoms. The summed E-state index contributed by atoms with van der Waals surface area (Å²) in [5.41, 5.74) is 3.73.